The van der Waals surface area contributed by atoms with Gasteiger partial charge in [-0.25, -0.2) is 13.8 Å². The molecule has 13 heteroatoms. The van der Waals surface area contributed by atoms with Gasteiger partial charge in [-0.3, -0.25) is 4.98 Å². The van der Waals surface area contributed by atoms with Crippen LogP contribution in [0, 0.1) is 11.6 Å². The minimum absolute atomic E-state index is 0.0131. The van der Waals surface area contributed by atoms with Crippen LogP contribution in [0.5, 0.6) is 0 Å². The van der Waals surface area contributed by atoms with Crippen LogP contribution in [-0.4, -0.2) is 69.5 Å². The lowest BCUT2D eigenvalue weighted by Crippen LogP contribution is -2.37. The molecule has 0 aliphatic carbocycles. The van der Waals surface area contributed by atoms with Gasteiger partial charge >= 0.3 is 0 Å². The van der Waals surface area contributed by atoms with Crippen LogP contribution in [0.2, 0.25) is 0 Å². The van der Waals surface area contributed by atoms with Crippen LogP contribution in [0.25, 0.3) is 0 Å². The Hall–Kier alpha value is -3.45. The van der Waals surface area contributed by atoms with E-state index in [0.29, 0.717) is 38.1 Å². The molecule has 3 aromatic heterocycles. The minimum Gasteiger partial charge on any atom is -0.382 e. The number of hydrogen-bond donors (Lipinski definition) is 2. The van der Waals surface area contributed by atoms with E-state index in [9.17, 15) is 8.78 Å². The van der Waals surface area contributed by atoms with Crippen molar-refractivity contribution in [1.29, 1.82) is 0 Å². The van der Waals surface area contributed by atoms with Crippen LogP contribution in [0.4, 0.5) is 32.4 Å². The summed E-state index contributed by atoms with van der Waals surface area (Å²) in [4.78, 5) is 23.4. The summed E-state index contributed by atoms with van der Waals surface area (Å²) in [5.41, 5.74) is -0.0131. The van der Waals surface area contributed by atoms with Gasteiger partial charge in [-0.2, -0.15) is 15.0 Å². The Morgan fingerprint density at radius 2 is 1.94 bits per heavy atom. The van der Waals surface area contributed by atoms with E-state index in [1.54, 1.807) is 17.1 Å². The monoisotopic (exact) mass is 447 g/mol. The number of aryl methyl sites for hydroxylation is 1. The zero-order valence-electron chi connectivity index (χ0n) is 17.6. The van der Waals surface area contributed by atoms with E-state index < -0.39 is 17.7 Å². The maximum Gasteiger partial charge on any atom is 0.235 e. The van der Waals surface area contributed by atoms with Gasteiger partial charge in [0.05, 0.1) is 38.4 Å². The summed E-state index contributed by atoms with van der Waals surface area (Å²) in [5.74, 6) is -0.156. The summed E-state index contributed by atoms with van der Waals surface area (Å²) in [5, 5.41) is 6.08. The van der Waals surface area contributed by atoms with E-state index in [2.05, 4.69) is 35.6 Å². The number of anilines is 4. The van der Waals surface area contributed by atoms with Crippen molar-refractivity contribution in [3.63, 3.8) is 0 Å². The van der Waals surface area contributed by atoms with Gasteiger partial charge in [-0.15, -0.1) is 0 Å². The Morgan fingerprint density at radius 3 is 2.62 bits per heavy atom. The van der Waals surface area contributed by atoms with E-state index in [1.165, 1.54) is 7.11 Å². The summed E-state index contributed by atoms with van der Waals surface area (Å²) in [6, 6.07) is 0.0102. The molecule has 0 radical (unpaired) electrons. The number of aromatic nitrogens is 6. The van der Waals surface area contributed by atoms with Crippen molar-refractivity contribution in [1.82, 2.24) is 29.5 Å². The van der Waals surface area contributed by atoms with Crippen molar-refractivity contribution < 1.29 is 18.3 Å². The molecule has 4 rings (SSSR count). The number of nitrogens with zero attached hydrogens (tertiary/aromatic N) is 7. The largest absolute Gasteiger partial charge is 0.382 e. The second kappa shape index (κ2) is 9.78. The number of morpholine rings is 1. The maximum absolute atomic E-state index is 14.4. The number of pyridine rings is 1. The smallest absolute Gasteiger partial charge is 0.235 e. The summed E-state index contributed by atoms with van der Waals surface area (Å²) in [7, 11) is 3.31. The fraction of sp³-hybridized carbons (Fsp3) is 0.421. The molecule has 0 saturated carbocycles. The van der Waals surface area contributed by atoms with Crippen LogP contribution in [0.3, 0.4) is 0 Å². The van der Waals surface area contributed by atoms with Gasteiger partial charge in [0.1, 0.15) is 17.3 Å². The second-order valence-corrected chi connectivity index (χ2v) is 7.10. The first-order valence-electron chi connectivity index (χ1n) is 9.92. The summed E-state index contributed by atoms with van der Waals surface area (Å²) in [6.45, 7) is 2.38. The zero-order chi connectivity index (χ0) is 22.5. The summed E-state index contributed by atoms with van der Waals surface area (Å²) in [6.07, 6.45) is 4.36. The van der Waals surface area contributed by atoms with Crippen molar-refractivity contribution in [2.45, 2.75) is 6.04 Å². The van der Waals surface area contributed by atoms with E-state index in [0.717, 1.165) is 12.3 Å². The zero-order valence-corrected chi connectivity index (χ0v) is 17.6. The Kier molecular flexibility index (Phi) is 6.66. The third kappa shape index (κ3) is 5.23. The molecule has 1 aliphatic heterocycles. The topological polar surface area (TPSA) is 115 Å². The molecule has 3 aromatic rings. The lowest BCUT2D eigenvalue weighted by molar-refractivity contribution is 0.122. The quantitative estimate of drug-likeness (QED) is 0.528. The van der Waals surface area contributed by atoms with Crippen molar-refractivity contribution >= 4 is 23.7 Å². The van der Waals surface area contributed by atoms with E-state index >= 15 is 0 Å². The Balaban J connectivity index is 1.66. The highest BCUT2D eigenvalue weighted by atomic mass is 19.1. The second-order valence-electron chi connectivity index (χ2n) is 7.10. The van der Waals surface area contributed by atoms with Crippen molar-refractivity contribution in [3.8, 4) is 0 Å². The third-order valence-electron chi connectivity index (χ3n) is 4.67. The molecule has 0 aromatic carbocycles. The first-order valence-corrected chi connectivity index (χ1v) is 9.92. The molecule has 1 aliphatic rings. The van der Waals surface area contributed by atoms with Crippen LogP contribution in [0.1, 0.15) is 11.7 Å². The fourth-order valence-corrected chi connectivity index (χ4v) is 3.17. The Morgan fingerprint density at radius 1 is 1.16 bits per heavy atom. The standard InChI is InChI=1S/C19H23F2N9O2/c1-29-9-15(23-11-29)25-18-26-17(27-19(28-18)30-3-5-32-6-4-30)24-14(10-31-2)16-13(21)7-12(20)8-22-16/h7-9,11,14H,3-6,10H2,1-2H3,(H2,24,25,26,27,28)/t14-/m0/s1. The van der Waals surface area contributed by atoms with Gasteiger partial charge in [0, 0.05) is 39.5 Å². The van der Waals surface area contributed by atoms with Gasteiger partial charge in [-0.05, 0) is 0 Å². The van der Waals surface area contributed by atoms with Crippen LogP contribution >= 0.6 is 0 Å². The number of halogens is 2. The van der Waals surface area contributed by atoms with E-state index in [-0.39, 0.29) is 24.2 Å². The Bertz CT molecular complexity index is 1060. The molecule has 32 heavy (non-hydrogen) atoms. The van der Waals surface area contributed by atoms with Crippen molar-refractivity contribution in [3.05, 3.63) is 42.1 Å². The molecule has 1 fully saturated rings. The average Bonchev–Trinajstić information content (AvgIpc) is 3.18. The van der Waals surface area contributed by atoms with Gasteiger partial charge < -0.3 is 29.6 Å². The third-order valence-corrected chi connectivity index (χ3v) is 4.67. The molecular weight excluding hydrogens is 424 g/mol. The van der Waals surface area contributed by atoms with Gasteiger partial charge in [0.15, 0.2) is 5.82 Å². The number of ether oxygens (including phenoxy) is 2. The first-order chi connectivity index (χ1) is 15.5. The minimum atomic E-state index is -0.797. The molecule has 0 amide bonds. The SMILES string of the molecule is COC[C@H](Nc1nc(Nc2cn(C)cn2)nc(N2CCOCC2)n1)c1ncc(F)cc1F. The molecular formula is C19H23F2N9O2. The summed E-state index contributed by atoms with van der Waals surface area (Å²) >= 11 is 0. The molecule has 0 spiro atoms. The highest BCUT2D eigenvalue weighted by Gasteiger charge is 2.22. The maximum atomic E-state index is 14.4. The molecule has 0 bridgehead atoms. The van der Waals surface area contributed by atoms with E-state index in [1.807, 2.05) is 11.9 Å². The Labute approximate surface area is 182 Å². The number of rotatable bonds is 8. The highest BCUT2D eigenvalue weighted by molar-refractivity contribution is 5.52. The predicted octanol–water partition coefficient (Wildman–Crippen LogP) is 1.66. The van der Waals surface area contributed by atoms with Crippen molar-refractivity contribution in [2.75, 3.05) is 55.6 Å². The van der Waals surface area contributed by atoms with Crippen LogP contribution in [-0.2, 0) is 16.5 Å². The number of hydrogen-bond acceptors (Lipinski definition) is 10. The fourth-order valence-electron chi connectivity index (χ4n) is 3.17. The first kappa shape index (κ1) is 21.8. The molecule has 0 unspecified atom stereocenters. The molecule has 2 N–H and O–H groups in total. The van der Waals surface area contributed by atoms with Gasteiger partial charge in [0.2, 0.25) is 17.8 Å². The van der Waals surface area contributed by atoms with Crippen LogP contribution in [0.15, 0.2) is 24.8 Å². The van der Waals surface area contributed by atoms with E-state index in [4.69, 9.17) is 9.47 Å². The molecule has 4 heterocycles. The highest BCUT2D eigenvalue weighted by Crippen LogP contribution is 2.23. The normalized spacial score (nSPS) is 14.9. The van der Waals surface area contributed by atoms with Crippen LogP contribution < -0.4 is 15.5 Å². The number of nitrogens with one attached hydrogen (secondary N) is 2. The lowest BCUT2D eigenvalue weighted by Gasteiger charge is -2.27. The predicted molar refractivity (Wildman–Crippen MR) is 112 cm³/mol. The number of methoxy groups -OCH3 is 1. The number of imidazole rings is 1. The lowest BCUT2D eigenvalue weighted by atomic mass is 10.2. The molecule has 11 nitrogen and oxygen atoms in total. The van der Waals surface area contributed by atoms with Gasteiger partial charge in [0.25, 0.3) is 0 Å². The summed E-state index contributed by atoms with van der Waals surface area (Å²) < 4.78 is 40.1. The molecule has 1 saturated heterocycles. The van der Waals surface area contributed by atoms with Gasteiger partial charge in [-0.1, -0.05) is 0 Å². The molecule has 1 atom stereocenters. The van der Waals surface area contributed by atoms with Crippen molar-refractivity contribution in [2.24, 2.45) is 7.05 Å². The molecule has 170 valence electrons. The average molecular weight is 447 g/mol.